The third-order valence-electron chi connectivity index (χ3n) is 4.09. The van der Waals surface area contributed by atoms with Gasteiger partial charge in [0.05, 0.1) is 16.1 Å². The summed E-state index contributed by atoms with van der Waals surface area (Å²) in [5.41, 5.74) is 3.55. The third-order valence-corrected chi connectivity index (χ3v) is 5.22. The molecule has 4 rings (SSSR count). The van der Waals surface area contributed by atoms with E-state index in [9.17, 15) is 8.42 Å². The zero-order valence-corrected chi connectivity index (χ0v) is 15.3. The fourth-order valence-electron chi connectivity index (χ4n) is 2.81. The molecule has 0 unspecified atom stereocenters. The average Bonchev–Trinajstić information content (AvgIpc) is 3.00. The standard InChI is InChI=1S/C18H15NO4S.ClH/c1-11-7-15(12-3-5-13(6-4-12)24(2,20)21)19-16-9-18-17(8-14(11)16)22-10-23-18;/h3-9H,10H2,1-2H3;1H. The van der Waals surface area contributed by atoms with Gasteiger partial charge in [-0.3, -0.25) is 0 Å². The number of fused-ring (bicyclic) bond motifs is 2. The molecule has 2 heterocycles. The van der Waals surface area contributed by atoms with Crippen LogP contribution in [0.3, 0.4) is 0 Å². The van der Waals surface area contributed by atoms with E-state index in [2.05, 4.69) is 0 Å². The van der Waals surface area contributed by atoms with E-state index in [1.165, 1.54) is 6.26 Å². The predicted molar refractivity (Wildman–Crippen MR) is 98.4 cm³/mol. The lowest BCUT2D eigenvalue weighted by atomic mass is 10.0. The monoisotopic (exact) mass is 377 g/mol. The van der Waals surface area contributed by atoms with Crippen LogP contribution in [0.4, 0.5) is 0 Å². The molecule has 0 atom stereocenters. The summed E-state index contributed by atoms with van der Waals surface area (Å²) < 4.78 is 34.0. The van der Waals surface area contributed by atoms with Crippen LogP contribution in [0.2, 0.25) is 0 Å². The van der Waals surface area contributed by atoms with Crippen molar-refractivity contribution < 1.29 is 17.9 Å². The molecule has 3 aromatic rings. The van der Waals surface area contributed by atoms with Gasteiger partial charge in [0.25, 0.3) is 0 Å². The second-order valence-corrected chi connectivity index (χ2v) is 7.86. The van der Waals surface area contributed by atoms with Crippen molar-refractivity contribution in [2.24, 2.45) is 0 Å². The lowest BCUT2D eigenvalue weighted by Crippen LogP contribution is -1.96. The van der Waals surface area contributed by atoms with Gasteiger partial charge < -0.3 is 9.47 Å². The molecule has 0 saturated heterocycles. The first-order valence-electron chi connectivity index (χ1n) is 7.43. The van der Waals surface area contributed by atoms with E-state index in [1.54, 1.807) is 24.3 Å². The van der Waals surface area contributed by atoms with E-state index in [4.69, 9.17) is 14.5 Å². The molecular weight excluding hydrogens is 362 g/mol. The topological polar surface area (TPSA) is 65.5 Å². The molecule has 7 heteroatoms. The summed E-state index contributed by atoms with van der Waals surface area (Å²) in [5, 5.41) is 1.01. The van der Waals surface area contributed by atoms with E-state index in [0.29, 0.717) is 10.6 Å². The summed E-state index contributed by atoms with van der Waals surface area (Å²) in [6.07, 6.45) is 1.20. The molecule has 2 aromatic carbocycles. The van der Waals surface area contributed by atoms with Crippen LogP contribution in [0.25, 0.3) is 22.2 Å². The number of halogens is 1. The van der Waals surface area contributed by atoms with Gasteiger partial charge in [-0.25, -0.2) is 13.4 Å². The van der Waals surface area contributed by atoms with Gasteiger partial charge in [0.1, 0.15) is 0 Å². The smallest absolute Gasteiger partial charge is 0.231 e. The van der Waals surface area contributed by atoms with E-state index < -0.39 is 9.84 Å². The van der Waals surface area contributed by atoms with Gasteiger partial charge in [-0.2, -0.15) is 0 Å². The van der Waals surface area contributed by atoms with E-state index in [0.717, 1.165) is 33.5 Å². The van der Waals surface area contributed by atoms with Crippen LogP contribution < -0.4 is 9.47 Å². The number of aromatic nitrogens is 1. The summed E-state index contributed by atoms with van der Waals surface area (Å²) in [6, 6.07) is 12.6. The second-order valence-electron chi connectivity index (χ2n) is 5.84. The normalized spacial score (nSPS) is 12.9. The van der Waals surface area contributed by atoms with Crippen LogP contribution >= 0.6 is 12.4 Å². The maximum atomic E-state index is 11.6. The van der Waals surface area contributed by atoms with Crippen molar-refractivity contribution in [3.63, 3.8) is 0 Å². The molecule has 0 saturated carbocycles. The highest BCUT2D eigenvalue weighted by Crippen LogP contribution is 2.37. The van der Waals surface area contributed by atoms with Crippen molar-refractivity contribution in [3.05, 3.63) is 48.0 Å². The quantitative estimate of drug-likeness (QED) is 0.680. The Morgan fingerprint density at radius 2 is 1.64 bits per heavy atom. The Kier molecular flexibility index (Phi) is 4.34. The number of pyridine rings is 1. The SMILES string of the molecule is Cc1cc(-c2ccc(S(C)(=O)=O)cc2)nc2cc3c(cc12)OCO3.Cl. The predicted octanol–water partition coefficient (Wildman–Crippen LogP) is 3.76. The van der Waals surface area contributed by atoms with E-state index in [-0.39, 0.29) is 19.2 Å². The molecule has 0 radical (unpaired) electrons. The fraction of sp³-hybridized carbons (Fsp3) is 0.167. The Morgan fingerprint density at radius 1 is 1.00 bits per heavy atom. The second kappa shape index (κ2) is 6.20. The molecule has 0 amide bonds. The first kappa shape index (κ1) is 17.5. The third kappa shape index (κ3) is 3.15. The Hall–Kier alpha value is -2.31. The van der Waals surface area contributed by atoms with Gasteiger partial charge in [0.2, 0.25) is 6.79 Å². The number of aryl methyl sites for hydroxylation is 1. The molecule has 1 aliphatic rings. The largest absolute Gasteiger partial charge is 0.454 e. The van der Waals surface area contributed by atoms with Crippen LogP contribution in [0.5, 0.6) is 11.5 Å². The van der Waals surface area contributed by atoms with Gasteiger partial charge >= 0.3 is 0 Å². The molecule has 5 nitrogen and oxygen atoms in total. The minimum absolute atomic E-state index is 0. The molecule has 1 aliphatic heterocycles. The fourth-order valence-corrected chi connectivity index (χ4v) is 3.44. The van der Waals surface area contributed by atoms with Crippen molar-refractivity contribution in [3.8, 4) is 22.8 Å². The van der Waals surface area contributed by atoms with Crippen molar-refractivity contribution in [2.45, 2.75) is 11.8 Å². The summed E-state index contributed by atoms with van der Waals surface area (Å²) in [5.74, 6) is 1.43. The van der Waals surface area contributed by atoms with Gasteiger partial charge in [0.15, 0.2) is 21.3 Å². The number of nitrogens with zero attached hydrogens (tertiary/aromatic N) is 1. The lowest BCUT2D eigenvalue weighted by molar-refractivity contribution is 0.174. The van der Waals surface area contributed by atoms with Crippen LogP contribution in [0.1, 0.15) is 5.56 Å². The van der Waals surface area contributed by atoms with Gasteiger partial charge in [-0.05, 0) is 36.8 Å². The molecule has 25 heavy (non-hydrogen) atoms. The number of hydrogen-bond donors (Lipinski definition) is 0. The van der Waals surface area contributed by atoms with Crippen molar-refractivity contribution in [1.82, 2.24) is 4.98 Å². The van der Waals surface area contributed by atoms with Crippen molar-refractivity contribution in [2.75, 3.05) is 13.0 Å². The molecular formula is C18H16ClNO4S. The molecule has 1 aromatic heterocycles. The Bertz CT molecular complexity index is 1060. The van der Waals surface area contributed by atoms with Crippen LogP contribution in [0, 0.1) is 6.92 Å². The average molecular weight is 378 g/mol. The van der Waals surface area contributed by atoms with E-state index >= 15 is 0 Å². The minimum Gasteiger partial charge on any atom is -0.454 e. The van der Waals surface area contributed by atoms with Crippen molar-refractivity contribution in [1.29, 1.82) is 0 Å². The Labute approximate surface area is 151 Å². The van der Waals surface area contributed by atoms with E-state index in [1.807, 2.05) is 25.1 Å². The Morgan fingerprint density at radius 3 is 2.28 bits per heavy atom. The van der Waals surface area contributed by atoms with Crippen LogP contribution in [0.15, 0.2) is 47.4 Å². The molecule has 0 bridgehead atoms. The minimum atomic E-state index is -3.20. The van der Waals surface area contributed by atoms with Gasteiger partial charge in [0, 0.05) is 23.3 Å². The molecule has 0 aliphatic carbocycles. The summed E-state index contributed by atoms with van der Waals surface area (Å²) in [4.78, 5) is 4.99. The molecule has 0 N–H and O–H groups in total. The zero-order valence-electron chi connectivity index (χ0n) is 13.6. The van der Waals surface area contributed by atoms with Gasteiger partial charge in [-0.1, -0.05) is 12.1 Å². The molecule has 0 fully saturated rings. The summed E-state index contributed by atoms with van der Waals surface area (Å²) in [6.45, 7) is 2.24. The number of rotatable bonds is 2. The number of sulfone groups is 1. The van der Waals surface area contributed by atoms with Crippen LogP contribution in [-0.2, 0) is 9.84 Å². The lowest BCUT2D eigenvalue weighted by Gasteiger charge is -2.08. The highest BCUT2D eigenvalue weighted by Gasteiger charge is 2.16. The highest BCUT2D eigenvalue weighted by atomic mass is 35.5. The number of ether oxygens (including phenoxy) is 2. The van der Waals surface area contributed by atoms with Crippen molar-refractivity contribution >= 4 is 33.1 Å². The summed E-state index contributed by atoms with van der Waals surface area (Å²) >= 11 is 0. The summed E-state index contributed by atoms with van der Waals surface area (Å²) in [7, 11) is -3.20. The van der Waals surface area contributed by atoms with Gasteiger partial charge in [-0.15, -0.1) is 12.4 Å². The number of benzene rings is 2. The Balaban J connectivity index is 0.00000182. The zero-order chi connectivity index (χ0) is 16.9. The first-order valence-corrected chi connectivity index (χ1v) is 9.32. The number of hydrogen-bond acceptors (Lipinski definition) is 5. The first-order chi connectivity index (χ1) is 11.4. The maximum Gasteiger partial charge on any atom is 0.231 e. The molecule has 0 spiro atoms. The van der Waals surface area contributed by atoms with Crippen LogP contribution in [-0.4, -0.2) is 26.5 Å². The molecule has 130 valence electrons. The maximum absolute atomic E-state index is 11.6. The highest BCUT2D eigenvalue weighted by molar-refractivity contribution is 7.90.